The van der Waals surface area contributed by atoms with E-state index < -0.39 is 21.5 Å². The Morgan fingerprint density at radius 1 is 1.52 bits per heavy atom. The second-order valence-corrected chi connectivity index (χ2v) is 10.4. The number of carbonyl (C=O) groups is 1. The lowest BCUT2D eigenvalue weighted by molar-refractivity contribution is 0.0241. The third-order valence-corrected chi connectivity index (χ3v) is 6.28. The van der Waals surface area contributed by atoms with Crippen molar-refractivity contribution in [2.45, 2.75) is 51.0 Å². The highest BCUT2D eigenvalue weighted by atomic mass is 35.5. The number of hydrogen-bond acceptors (Lipinski definition) is 6. The van der Waals surface area contributed by atoms with Gasteiger partial charge in [0.15, 0.2) is 14.3 Å². The van der Waals surface area contributed by atoms with Crippen molar-refractivity contribution in [3.05, 3.63) is 15.5 Å². The normalized spacial score (nSPS) is 19.1. The van der Waals surface area contributed by atoms with E-state index in [1.54, 1.807) is 20.8 Å². The monoisotopic (exact) mass is 380 g/mol. The fraction of sp³-hybridized carbons (Fsp3) is 0.714. The van der Waals surface area contributed by atoms with Crippen LogP contribution in [0.2, 0.25) is 4.47 Å². The Morgan fingerprint density at radius 3 is 2.78 bits per heavy atom. The van der Waals surface area contributed by atoms with Crippen molar-refractivity contribution in [3.8, 4) is 0 Å². The van der Waals surface area contributed by atoms with Crippen LogP contribution < -0.4 is 0 Å². The number of halogens is 1. The van der Waals surface area contributed by atoms with Gasteiger partial charge in [-0.05, 0) is 33.6 Å². The number of hydrogen-bond donors (Lipinski definition) is 0. The molecule has 0 radical (unpaired) electrons. The number of amides is 1. The summed E-state index contributed by atoms with van der Waals surface area (Å²) >= 11 is 6.89. The number of nitrogens with zero attached hydrogens (tertiary/aromatic N) is 2. The number of ether oxygens (including phenoxy) is 1. The molecule has 1 aromatic rings. The first-order valence-corrected chi connectivity index (χ1v) is 10.4. The lowest BCUT2D eigenvalue weighted by Crippen LogP contribution is -2.42. The van der Waals surface area contributed by atoms with Crippen molar-refractivity contribution in [3.63, 3.8) is 0 Å². The summed E-state index contributed by atoms with van der Waals surface area (Å²) in [6.45, 7) is 5.91. The maximum Gasteiger partial charge on any atom is 0.410 e. The second kappa shape index (κ2) is 6.94. The summed E-state index contributed by atoms with van der Waals surface area (Å²) < 4.78 is 30.4. The highest BCUT2D eigenvalue weighted by molar-refractivity contribution is 7.90. The van der Waals surface area contributed by atoms with Gasteiger partial charge in [0.05, 0.1) is 11.5 Å². The average molecular weight is 381 g/mol. The molecule has 0 N–H and O–H groups in total. The number of rotatable bonds is 4. The average Bonchev–Trinajstić information content (AvgIpc) is 2.95. The quantitative estimate of drug-likeness (QED) is 0.802. The summed E-state index contributed by atoms with van der Waals surface area (Å²) in [7, 11) is -3.35. The third kappa shape index (κ3) is 5.61. The topological polar surface area (TPSA) is 76.6 Å². The fourth-order valence-corrected chi connectivity index (χ4v) is 5.60. The Hall–Kier alpha value is -0.860. The molecule has 6 nitrogen and oxygen atoms in total. The van der Waals surface area contributed by atoms with Crippen molar-refractivity contribution < 1.29 is 17.9 Å². The number of aromatic nitrogens is 1. The molecule has 1 amide bonds. The molecule has 1 fully saturated rings. The summed E-state index contributed by atoms with van der Waals surface area (Å²) in [6, 6.07) is -0.335. The number of sulfone groups is 1. The Bertz CT molecular complexity index is 667. The van der Waals surface area contributed by atoms with E-state index in [2.05, 4.69) is 4.98 Å². The van der Waals surface area contributed by atoms with E-state index in [1.807, 2.05) is 0 Å². The third-order valence-electron chi connectivity index (χ3n) is 3.34. The van der Waals surface area contributed by atoms with Crippen LogP contribution in [-0.2, 0) is 20.3 Å². The molecule has 9 heteroatoms. The SMILES string of the molecule is CC(C)(C)OC(=O)N1CCC[C@H]1CS(=O)(=O)Cc1cnc(Cl)s1. The summed E-state index contributed by atoms with van der Waals surface area (Å²) in [6.07, 6.45) is 2.48. The first-order chi connectivity index (χ1) is 10.6. The van der Waals surface area contributed by atoms with Gasteiger partial charge in [-0.15, -0.1) is 11.3 Å². The van der Waals surface area contributed by atoms with Gasteiger partial charge in [0.2, 0.25) is 0 Å². The van der Waals surface area contributed by atoms with E-state index in [-0.39, 0.29) is 17.5 Å². The summed E-state index contributed by atoms with van der Waals surface area (Å²) in [4.78, 5) is 18.2. The zero-order valence-corrected chi connectivity index (χ0v) is 15.8. The van der Waals surface area contributed by atoms with Crippen molar-refractivity contribution in [1.29, 1.82) is 0 Å². The van der Waals surface area contributed by atoms with Gasteiger partial charge in [-0.2, -0.15) is 0 Å². The second-order valence-electron chi connectivity index (χ2n) is 6.60. The van der Waals surface area contributed by atoms with E-state index in [9.17, 15) is 13.2 Å². The standard InChI is InChI=1S/C14H21ClN2O4S2/c1-14(2,3)21-13(18)17-6-4-5-10(17)8-23(19,20)9-11-7-16-12(15)22-11/h7,10H,4-6,8-9H2,1-3H3/t10-/m0/s1. The molecule has 0 aliphatic carbocycles. The lowest BCUT2D eigenvalue weighted by Gasteiger charge is -2.28. The molecule has 1 saturated heterocycles. The number of likely N-dealkylation sites (tertiary alicyclic amines) is 1. The van der Waals surface area contributed by atoms with Gasteiger partial charge in [-0.25, -0.2) is 18.2 Å². The van der Waals surface area contributed by atoms with Gasteiger partial charge in [0, 0.05) is 23.7 Å². The van der Waals surface area contributed by atoms with Crippen molar-refractivity contribution in [2.75, 3.05) is 12.3 Å². The Labute approximate surface area is 145 Å². The van der Waals surface area contributed by atoms with Crippen molar-refractivity contribution in [1.82, 2.24) is 9.88 Å². The highest BCUT2D eigenvalue weighted by Gasteiger charge is 2.35. The van der Waals surface area contributed by atoms with Crippen LogP contribution >= 0.6 is 22.9 Å². The minimum atomic E-state index is -3.35. The van der Waals surface area contributed by atoms with Crippen LogP contribution in [0.3, 0.4) is 0 Å². The Morgan fingerprint density at radius 2 is 2.22 bits per heavy atom. The van der Waals surface area contributed by atoms with Crippen LogP contribution in [0.5, 0.6) is 0 Å². The molecule has 0 unspecified atom stereocenters. The molecule has 1 atom stereocenters. The van der Waals surface area contributed by atoms with Crippen LogP contribution in [-0.4, -0.2) is 48.3 Å². The molecule has 1 aromatic heterocycles. The highest BCUT2D eigenvalue weighted by Crippen LogP contribution is 2.25. The zero-order valence-electron chi connectivity index (χ0n) is 13.4. The molecule has 0 saturated carbocycles. The predicted molar refractivity (Wildman–Crippen MR) is 90.6 cm³/mol. The Balaban J connectivity index is 2.01. The molecular formula is C14H21ClN2O4S2. The molecule has 23 heavy (non-hydrogen) atoms. The lowest BCUT2D eigenvalue weighted by atomic mass is 10.2. The van der Waals surface area contributed by atoms with Gasteiger partial charge in [0.1, 0.15) is 5.60 Å². The van der Waals surface area contributed by atoms with Crippen LogP contribution in [0.15, 0.2) is 6.20 Å². The van der Waals surface area contributed by atoms with E-state index >= 15 is 0 Å². The molecule has 1 aliphatic heterocycles. The number of carbonyl (C=O) groups excluding carboxylic acids is 1. The molecule has 0 aromatic carbocycles. The first-order valence-electron chi connectivity index (χ1n) is 7.36. The number of thiazole rings is 1. The van der Waals surface area contributed by atoms with Gasteiger partial charge >= 0.3 is 6.09 Å². The molecule has 1 aliphatic rings. The predicted octanol–water partition coefficient (Wildman–Crippen LogP) is 3.11. The molecule has 2 heterocycles. The summed E-state index contributed by atoms with van der Waals surface area (Å²) in [5.41, 5.74) is -0.595. The Kier molecular flexibility index (Phi) is 5.58. The zero-order chi connectivity index (χ0) is 17.3. The first kappa shape index (κ1) is 18.5. The largest absolute Gasteiger partial charge is 0.444 e. The minimum absolute atomic E-state index is 0.0677. The maximum absolute atomic E-state index is 12.4. The fourth-order valence-electron chi connectivity index (χ4n) is 2.49. The summed E-state index contributed by atoms with van der Waals surface area (Å²) in [5.74, 6) is -0.169. The van der Waals surface area contributed by atoms with E-state index in [0.29, 0.717) is 22.3 Å². The van der Waals surface area contributed by atoms with Gasteiger partial charge in [0.25, 0.3) is 0 Å². The van der Waals surface area contributed by atoms with E-state index in [4.69, 9.17) is 16.3 Å². The van der Waals surface area contributed by atoms with Gasteiger partial charge in [-0.3, -0.25) is 0 Å². The summed E-state index contributed by atoms with van der Waals surface area (Å²) in [5, 5.41) is 0. The molecule has 130 valence electrons. The molecule has 0 spiro atoms. The van der Waals surface area contributed by atoms with Crippen molar-refractivity contribution in [2.24, 2.45) is 0 Å². The van der Waals surface area contributed by atoms with Gasteiger partial charge < -0.3 is 9.64 Å². The maximum atomic E-state index is 12.4. The van der Waals surface area contributed by atoms with Crippen LogP contribution in [0, 0.1) is 0 Å². The van der Waals surface area contributed by atoms with Crippen molar-refractivity contribution >= 4 is 38.9 Å². The van der Waals surface area contributed by atoms with Gasteiger partial charge in [-0.1, -0.05) is 11.6 Å². The van der Waals surface area contributed by atoms with Crippen LogP contribution in [0.1, 0.15) is 38.5 Å². The minimum Gasteiger partial charge on any atom is -0.444 e. The smallest absolute Gasteiger partial charge is 0.410 e. The van der Waals surface area contributed by atoms with E-state index in [1.165, 1.54) is 11.1 Å². The molecule has 2 rings (SSSR count). The van der Waals surface area contributed by atoms with Crippen LogP contribution in [0.25, 0.3) is 0 Å². The molecule has 0 bridgehead atoms. The van der Waals surface area contributed by atoms with E-state index in [0.717, 1.165) is 17.8 Å². The van der Waals surface area contributed by atoms with Crippen LogP contribution in [0.4, 0.5) is 4.79 Å². The molecular weight excluding hydrogens is 360 g/mol.